The monoisotopic (exact) mass is 404 g/mol. The van der Waals surface area contributed by atoms with Crippen LogP contribution in [0.2, 0.25) is 0 Å². The van der Waals surface area contributed by atoms with Crippen molar-refractivity contribution >= 4 is 5.91 Å². The third-order valence-corrected chi connectivity index (χ3v) is 4.85. The fourth-order valence-electron chi connectivity index (χ4n) is 3.17. The molecule has 0 aliphatic carbocycles. The third-order valence-electron chi connectivity index (χ3n) is 4.85. The molecule has 1 amide bonds. The summed E-state index contributed by atoms with van der Waals surface area (Å²) in [6.45, 7) is 4.10. The van der Waals surface area contributed by atoms with Gasteiger partial charge in [-0.15, -0.1) is 0 Å². The normalized spacial score (nSPS) is 12.0. The SMILES string of the molecule is Cc1ccc(C(C)NC(=O)Cn2cccc2-c2nc(-c3ccc(F)cc3)no2)cc1. The number of carbonyl (C=O) groups is 1. The van der Waals surface area contributed by atoms with E-state index in [1.54, 1.807) is 29.0 Å². The minimum atomic E-state index is -0.331. The standard InChI is InChI=1S/C23H21FN4O2/c1-15-5-7-17(8-6-15)16(2)25-21(29)14-28-13-3-4-20(28)23-26-22(27-30-23)18-9-11-19(24)12-10-18/h3-13,16H,14H2,1-2H3,(H,25,29). The third kappa shape index (κ3) is 4.30. The van der Waals surface area contributed by atoms with E-state index in [1.807, 2.05) is 44.2 Å². The van der Waals surface area contributed by atoms with Gasteiger partial charge in [0.25, 0.3) is 5.89 Å². The van der Waals surface area contributed by atoms with Gasteiger partial charge >= 0.3 is 0 Å². The maximum Gasteiger partial charge on any atom is 0.274 e. The molecule has 1 atom stereocenters. The molecule has 0 fully saturated rings. The van der Waals surface area contributed by atoms with Crippen LogP contribution >= 0.6 is 0 Å². The number of benzene rings is 2. The fraction of sp³-hybridized carbons (Fsp3) is 0.174. The van der Waals surface area contributed by atoms with Crippen molar-refractivity contribution in [3.05, 3.63) is 83.8 Å². The Morgan fingerprint density at radius 2 is 1.87 bits per heavy atom. The molecule has 0 aliphatic rings. The van der Waals surface area contributed by atoms with Gasteiger partial charge < -0.3 is 14.4 Å². The molecule has 0 bridgehead atoms. The summed E-state index contributed by atoms with van der Waals surface area (Å²) < 4.78 is 20.2. The van der Waals surface area contributed by atoms with Crippen LogP contribution in [0, 0.1) is 12.7 Å². The zero-order chi connectivity index (χ0) is 21.1. The molecule has 6 nitrogen and oxygen atoms in total. The first-order chi connectivity index (χ1) is 14.5. The van der Waals surface area contributed by atoms with E-state index in [9.17, 15) is 9.18 Å². The number of amides is 1. The lowest BCUT2D eigenvalue weighted by atomic mass is 10.1. The lowest BCUT2D eigenvalue weighted by Crippen LogP contribution is -2.30. The first-order valence-electron chi connectivity index (χ1n) is 9.60. The highest BCUT2D eigenvalue weighted by atomic mass is 19.1. The molecule has 0 saturated heterocycles. The number of rotatable bonds is 6. The van der Waals surface area contributed by atoms with E-state index in [0.717, 1.165) is 5.56 Å². The van der Waals surface area contributed by atoms with Gasteiger partial charge in [-0.05, 0) is 55.8 Å². The van der Waals surface area contributed by atoms with Gasteiger partial charge in [-0.3, -0.25) is 4.79 Å². The molecule has 2 aromatic heterocycles. The lowest BCUT2D eigenvalue weighted by Gasteiger charge is -2.15. The molecule has 0 spiro atoms. The second-order valence-electron chi connectivity index (χ2n) is 7.15. The summed E-state index contributed by atoms with van der Waals surface area (Å²) in [5.74, 6) is 0.190. The molecule has 152 valence electrons. The Kier molecular flexibility index (Phi) is 5.43. The van der Waals surface area contributed by atoms with Gasteiger partial charge in [0.1, 0.15) is 18.1 Å². The molecule has 30 heavy (non-hydrogen) atoms. The second kappa shape index (κ2) is 8.32. The molecule has 7 heteroatoms. The molecule has 0 saturated carbocycles. The van der Waals surface area contributed by atoms with E-state index in [0.29, 0.717) is 23.0 Å². The number of nitrogens with one attached hydrogen (secondary N) is 1. The van der Waals surface area contributed by atoms with Gasteiger partial charge in [0.15, 0.2) is 0 Å². The Morgan fingerprint density at radius 1 is 1.13 bits per heavy atom. The van der Waals surface area contributed by atoms with Crippen LogP contribution in [0.15, 0.2) is 71.4 Å². The van der Waals surface area contributed by atoms with Gasteiger partial charge in [0.05, 0.1) is 6.04 Å². The van der Waals surface area contributed by atoms with E-state index in [-0.39, 0.29) is 24.3 Å². The van der Waals surface area contributed by atoms with Crippen molar-refractivity contribution in [2.45, 2.75) is 26.4 Å². The number of carbonyl (C=O) groups excluding carboxylic acids is 1. The van der Waals surface area contributed by atoms with E-state index in [2.05, 4.69) is 15.5 Å². The Hall–Kier alpha value is -3.74. The zero-order valence-electron chi connectivity index (χ0n) is 16.7. The van der Waals surface area contributed by atoms with Crippen molar-refractivity contribution in [3.8, 4) is 23.0 Å². The largest absolute Gasteiger partial charge is 0.348 e. The first kappa shape index (κ1) is 19.6. The minimum absolute atomic E-state index is 0.106. The molecule has 2 aromatic carbocycles. The summed E-state index contributed by atoms with van der Waals surface area (Å²) in [4.78, 5) is 17.0. The fourth-order valence-corrected chi connectivity index (χ4v) is 3.17. The van der Waals surface area contributed by atoms with Crippen LogP contribution in [0.4, 0.5) is 4.39 Å². The quantitative estimate of drug-likeness (QED) is 0.512. The van der Waals surface area contributed by atoms with Gasteiger partial charge in [-0.1, -0.05) is 35.0 Å². The summed E-state index contributed by atoms with van der Waals surface area (Å²) in [7, 11) is 0. The van der Waals surface area contributed by atoms with E-state index >= 15 is 0 Å². The summed E-state index contributed by atoms with van der Waals surface area (Å²) in [6.07, 6.45) is 1.78. The molecule has 2 heterocycles. The Bertz CT molecular complexity index is 1150. The van der Waals surface area contributed by atoms with Crippen LogP contribution in [0.3, 0.4) is 0 Å². The molecule has 0 aliphatic heterocycles. The predicted octanol–water partition coefficient (Wildman–Crippen LogP) is 4.53. The van der Waals surface area contributed by atoms with Crippen LogP contribution in [0.5, 0.6) is 0 Å². The molecule has 1 unspecified atom stereocenters. The first-order valence-corrected chi connectivity index (χ1v) is 9.60. The van der Waals surface area contributed by atoms with E-state index in [1.165, 1.54) is 17.7 Å². The van der Waals surface area contributed by atoms with Crippen LogP contribution in [0.1, 0.15) is 24.1 Å². The van der Waals surface area contributed by atoms with Gasteiger partial charge in [-0.2, -0.15) is 4.98 Å². The zero-order valence-corrected chi connectivity index (χ0v) is 16.7. The maximum atomic E-state index is 13.1. The van der Waals surface area contributed by atoms with Crippen LogP contribution in [-0.4, -0.2) is 20.6 Å². The highest BCUT2D eigenvalue weighted by molar-refractivity contribution is 5.77. The van der Waals surface area contributed by atoms with Crippen LogP contribution < -0.4 is 5.32 Å². The van der Waals surface area contributed by atoms with Crippen LogP contribution in [-0.2, 0) is 11.3 Å². The van der Waals surface area contributed by atoms with Gasteiger partial charge in [0.2, 0.25) is 11.7 Å². The highest BCUT2D eigenvalue weighted by Gasteiger charge is 2.16. The number of nitrogens with zero attached hydrogens (tertiary/aromatic N) is 3. The highest BCUT2D eigenvalue weighted by Crippen LogP contribution is 2.23. The summed E-state index contributed by atoms with van der Waals surface area (Å²) in [5, 5.41) is 6.97. The molecule has 4 aromatic rings. The Labute approximate surface area is 173 Å². The van der Waals surface area contributed by atoms with Crippen molar-refractivity contribution in [1.82, 2.24) is 20.0 Å². The van der Waals surface area contributed by atoms with Crippen molar-refractivity contribution in [1.29, 1.82) is 0 Å². The second-order valence-corrected chi connectivity index (χ2v) is 7.15. The number of halogens is 1. The van der Waals surface area contributed by atoms with Crippen molar-refractivity contribution in [3.63, 3.8) is 0 Å². The number of aromatic nitrogens is 3. The molecule has 1 N–H and O–H groups in total. The molecule has 4 rings (SSSR count). The van der Waals surface area contributed by atoms with Crippen molar-refractivity contribution < 1.29 is 13.7 Å². The number of aryl methyl sites for hydroxylation is 1. The van der Waals surface area contributed by atoms with Gasteiger partial charge in [-0.25, -0.2) is 4.39 Å². The summed E-state index contributed by atoms with van der Waals surface area (Å²) in [6, 6.07) is 17.4. The summed E-state index contributed by atoms with van der Waals surface area (Å²) >= 11 is 0. The van der Waals surface area contributed by atoms with Crippen molar-refractivity contribution in [2.24, 2.45) is 0 Å². The Balaban J connectivity index is 1.46. The molecular weight excluding hydrogens is 383 g/mol. The molecule has 0 radical (unpaired) electrons. The lowest BCUT2D eigenvalue weighted by molar-refractivity contribution is -0.122. The predicted molar refractivity (Wildman–Crippen MR) is 111 cm³/mol. The number of hydrogen-bond acceptors (Lipinski definition) is 4. The maximum absolute atomic E-state index is 13.1. The summed E-state index contributed by atoms with van der Waals surface area (Å²) in [5.41, 5.74) is 3.50. The Morgan fingerprint density at radius 3 is 2.60 bits per heavy atom. The average Bonchev–Trinajstić information content (AvgIpc) is 3.38. The van der Waals surface area contributed by atoms with Crippen LogP contribution in [0.25, 0.3) is 23.0 Å². The average molecular weight is 404 g/mol. The van der Waals surface area contributed by atoms with Gasteiger partial charge in [0, 0.05) is 11.8 Å². The number of hydrogen-bond donors (Lipinski definition) is 1. The van der Waals surface area contributed by atoms with E-state index < -0.39 is 0 Å². The topological polar surface area (TPSA) is 73.0 Å². The van der Waals surface area contributed by atoms with E-state index in [4.69, 9.17) is 4.52 Å². The minimum Gasteiger partial charge on any atom is -0.348 e. The smallest absolute Gasteiger partial charge is 0.274 e. The molecular formula is C23H21FN4O2. The van der Waals surface area contributed by atoms with Crippen molar-refractivity contribution in [2.75, 3.05) is 0 Å².